The average Bonchev–Trinajstić information content (AvgIpc) is 3.20. The molecule has 29 heavy (non-hydrogen) atoms. The van der Waals surface area contributed by atoms with Gasteiger partial charge < -0.3 is 15.2 Å². The molecule has 150 valence electrons. The molecule has 1 aliphatic carbocycles. The van der Waals surface area contributed by atoms with E-state index in [1.54, 1.807) is 7.11 Å². The molecule has 0 saturated carbocycles. The molecule has 3 atom stereocenters. The number of aliphatic imine (C=N–C) groups is 1. The van der Waals surface area contributed by atoms with Crippen LogP contribution in [-0.4, -0.2) is 24.1 Å². The molecular weight excluding hydrogens is 407 g/mol. The first kappa shape index (κ1) is 20.0. The summed E-state index contributed by atoms with van der Waals surface area (Å²) in [6, 6.07) is 13.5. The van der Waals surface area contributed by atoms with E-state index in [1.807, 2.05) is 54.6 Å². The molecule has 0 bridgehead atoms. The number of nitrogens with zero attached hydrogens (tertiary/aromatic N) is 1. The number of nitrogens with one attached hydrogen (secondary N) is 1. The van der Waals surface area contributed by atoms with E-state index in [1.165, 1.54) is 0 Å². The van der Waals surface area contributed by atoms with Crippen LogP contribution in [0, 0.1) is 5.92 Å². The van der Waals surface area contributed by atoms with Gasteiger partial charge in [-0.3, -0.25) is 4.99 Å². The van der Waals surface area contributed by atoms with Crippen LogP contribution in [-0.2, 0) is 6.61 Å². The number of hydrogen-bond acceptors (Lipinski definition) is 4. The number of allylic oxidation sites excluding steroid dienone is 3. The minimum absolute atomic E-state index is 0.0593. The van der Waals surface area contributed by atoms with Crippen molar-refractivity contribution in [2.24, 2.45) is 10.9 Å². The third-order valence-corrected chi connectivity index (χ3v) is 5.86. The second kappa shape index (κ2) is 8.62. The summed E-state index contributed by atoms with van der Waals surface area (Å²) in [7, 11) is 1.62. The third-order valence-electron chi connectivity index (χ3n) is 5.33. The van der Waals surface area contributed by atoms with Crippen LogP contribution < -0.4 is 10.1 Å². The van der Waals surface area contributed by atoms with Gasteiger partial charge in [0.2, 0.25) is 0 Å². The third kappa shape index (κ3) is 4.35. The maximum atomic E-state index is 9.61. The standard InChI is InChI=1S/C23H22Cl2N2O2/c1-29-20-11-14(13-28)10-17(12-20)23-26-21(15-2-6-18(24)7-3-15)22(27-23)16-4-8-19(25)9-5-16/h2-4,6-12,16,21-22,28H,5,13H2,1H3,(H,26,27)/t16?,21-,22+/m1/s1. The summed E-state index contributed by atoms with van der Waals surface area (Å²) in [5, 5.41) is 14.7. The van der Waals surface area contributed by atoms with Gasteiger partial charge in [-0.25, -0.2) is 0 Å². The topological polar surface area (TPSA) is 53.9 Å². The van der Waals surface area contributed by atoms with Crippen LogP contribution in [0.25, 0.3) is 0 Å². The van der Waals surface area contributed by atoms with Gasteiger partial charge in [0.15, 0.2) is 0 Å². The normalized spacial score (nSPS) is 23.4. The number of benzene rings is 2. The van der Waals surface area contributed by atoms with Crippen molar-refractivity contribution in [3.63, 3.8) is 0 Å². The van der Waals surface area contributed by atoms with Crippen molar-refractivity contribution >= 4 is 29.0 Å². The summed E-state index contributed by atoms with van der Waals surface area (Å²) in [6.45, 7) is -0.0593. The molecule has 2 N–H and O–H groups in total. The Labute approximate surface area is 180 Å². The van der Waals surface area contributed by atoms with Gasteiger partial charge in [-0.1, -0.05) is 47.5 Å². The van der Waals surface area contributed by atoms with Crippen LogP contribution in [0.3, 0.4) is 0 Å². The summed E-state index contributed by atoms with van der Waals surface area (Å²) in [6.07, 6.45) is 6.98. The Bertz CT molecular complexity index is 961. The van der Waals surface area contributed by atoms with Crippen LogP contribution in [0.15, 0.2) is 70.7 Å². The monoisotopic (exact) mass is 428 g/mol. The van der Waals surface area contributed by atoms with Crippen LogP contribution in [0.4, 0.5) is 0 Å². The number of rotatable bonds is 5. The van der Waals surface area contributed by atoms with E-state index in [4.69, 9.17) is 32.9 Å². The molecular formula is C23H22Cl2N2O2. The number of halogens is 2. The van der Waals surface area contributed by atoms with Crippen molar-refractivity contribution in [3.05, 3.63) is 87.4 Å². The molecule has 2 aromatic carbocycles. The smallest absolute Gasteiger partial charge is 0.129 e. The zero-order valence-electron chi connectivity index (χ0n) is 16.0. The van der Waals surface area contributed by atoms with Gasteiger partial charge in [0.25, 0.3) is 0 Å². The Morgan fingerprint density at radius 2 is 1.97 bits per heavy atom. The maximum Gasteiger partial charge on any atom is 0.129 e. The quantitative estimate of drug-likeness (QED) is 0.704. The van der Waals surface area contributed by atoms with Gasteiger partial charge in [-0.15, -0.1) is 0 Å². The van der Waals surface area contributed by atoms with Gasteiger partial charge in [0.1, 0.15) is 11.6 Å². The van der Waals surface area contributed by atoms with E-state index >= 15 is 0 Å². The lowest BCUT2D eigenvalue weighted by Crippen LogP contribution is -2.38. The summed E-state index contributed by atoms with van der Waals surface area (Å²) < 4.78 is 5.39. The largest absolute Gasteiger partial charge is 0.497 e. The Morgan fingerprint density at radius 3 is 2.62 bits per heavy atom. The number of ether oxygens (including phenoxy) is 1. The predicted molar refractivity (Wildman–Crippen MR) is 118 cm³/mol. The van der Waals surface area contributed by atoms with E-state index in [0.29, 0.717) is 10.8 Å². The van der Waals surface area contributed by atoms with Crippen molar-refractivity contribution < 1.29 is 9.84 Å². The van der Waals surface area contributed by atoms with Gasteiger partial charge >= 0.3 is 0 Å². The number of methoxy groups -OCH3 is 1. The van der Waals surface area contributed by atoms with E-state index < -0.39 is 0 Å². The number of aliphatic hydroxyl groups is 1. The van der Waals surface area contributed by atoms with Crippen LogP contribution in [0.2, 0.25) is 5.02 Å². The molecule has 1 unspecified atom stereocenters. The molecule has 4 rings (SSSR count). The summed E-state index contributed by atoms with van der Waals surface area (Å²) in [4.78, 5) is 5.02. The predicted octanol–water partition coefficient (Wildman–Crippen LogP) is 5.00. The molecule has 0 amide bonds. The van der Waals surface area contributed by atoms with Crippen LogP contribution >= 0.6 is 23.2 Å². The van der Waals surface area contributed by atoms with Gasteiger partial charge in [0, 0.05) is 21.5 Å². The zero-order valence-corrected chi connectivity index (χ0v) is 17.5. The molecule has 0 radical (unpaired) electrons. The van der Waals surface area contributed by atoms with Crippen molar-refractivity contribution in [1.82, 2.24) is 5.32 Å². The first-order chi connectivity index (χ1) is 14.1. The SMILES string of the molecule is COc1cc(CO)cc(C2=N[C@H](c3ccc(Cl)cc3)[C@H](C3C=CC(Cl)=CC3)N2)c1. The molecule has 4 nitrogen and oxygen atoms in total. The molecule has 1 aliphatic heterocycles. The summed E-state index contributed by atoms with van der Waals surface area (Å²) in [5.74, 6) is 1.73. The second-order valence-electron chi connectivity index (χ2n) is 7.22. The summed E-state index contributed by atoms with van der Waals surface area (Å²) >= 11 is 12.2. The minimum atomic E-state index is -0.0639. The van der Waals surface area contributed by atoms with E-state index in [2.05, 4.69) is 11.4 Å². The highest BCUT2D eigenvalue weighted by atomic mass is 35.5. The lowest BCUT2D eigenvalue weighted by molar-refractivity contribution is 0.281. The molecule has 0 spiro atoms. The number of amidine groups is 1. The summed E-state index contributed by atoms with van der Waals surface area (Å²) in [5.41, 5.74) is 2.77. The van der Waals surface area contributed by atoms with E-state index in [0.717, 1.165) is 34.0 Å². The van der Waals surface area contributed by atoms with E-state index in [-0.39, 0.29) is 24.6 Å². The van der Waals surface area contributed by atoms with Crippen LogP contribution in [0.5, 0.6) is 5.75 Å². The number of aliphatic hydroxyl groups excluding tert-OH is 1. The fourth-order valence-electron chi connectivity index (χ4n) is 3.82. The van der Waals surface area contributed by atoms with Crippen LogP contribution in [0.1, 0.15) is 29.2 Å². The Balaban J connectivity index is 1.71. The molecule has 6 heteroatoms. The highest BCUT2D eigenvalue weighted by Crippen LogP contribution is 2.36. The minimum Gasteiger partial charge on any atom is -0.497 e. The Morgan fingerprint density at radius 1 is 1.17 bits per heavy atom. The van der Waals surface area contributed by atoms with Gasteiger partial charge in [-0.2, -0.15) is 0 Å². The molecule has 1 heterocycles. The molecule has 0 aromatic heterocycles. The molecule has 0 saturated heterocycles. The van der Waals surface area contributed by atoms with Crippen molar-refractivity contribution in [2.45, 2.75) is 25.1 Å². The molecule has 0 fully saturated rings. The second-order valence-corrected chi connectivity index (χ2v) is 8.09. The zero-order chi connectivity index (χ0) is 20.4. The van der Waals surface area contributed by atoms with Crippen molar-refractivity contribution in [3.8, 4) is 5.75 Å². The molecule has 2 aromatic rings. The average molecular weight is 429 g/mol. The highest BCUT2D eigenvalue weighted by molar-refractivity contribution is 6.31. The lowest BCUT2D eigenvalue weighted by Gasteiger charge is -2.27. The highest BCUT2D eigenvalue weighted by Gasteiger charge is 2.35. The lowest BCUT2D eigenvalue weighted by atomic mass is 9.86. The first-order valence-corrected chi connectivity index (χ1v) is 10.3. The van der Waals surface area contributed by atoms with Gasteiger partial charge in [-0.05, 0) is 54.0 Å². The Hall–Kier alpha value is -2.27. The maximum absolute atomic E-state index is 9.61. The fraction of sp³-hybridized carbons (Fsp3) is 0.261. The van der Waals surface area contributed by atoms with E-state index in [9.17, 15) is 5.11 Å². The van der Waals surface area contributed by atoms with Gasteiger partial charge in [0.05, 0.1) is 25.8 Å². The van der Waals surface area contributed by atoms with Crippen molar-refractivity contribution in [1.29, 1.82) is 0 Å². The Kier molecular flexibility index (Phi) is 5.95. The fourth-order valence-corrected chi connectivity index (χ4v) is 4.11. The number of hydrogen-bond donors (Lipinski definition) is 2. The first-order valence-electron chi connectivity index (χ1n) is 9.50. The molecule has 2 aliphatic rings. The van der Waals surface area contributed by atoms with Crippen molar-refractivity contribution in [2.75, 3.05) is 7.11 Å².